The van der Waals surface area contributed by atoms with Crippen LogP contribution in [-0.2, 0) is 14.2 Å². The van der Waals surface area contributed by atoms with Crippen molar-refractivity contribution in [3.8, 4) is 0 Å². The summed E-state index contributed by atoms with van der Waals surface area (Å²) in [5, 5.41) is 0. The maximum absolute atomic E-state index is 5.98. The molecule has 1 saturated heterocycles. The molecule has 3 heteroatoms. The summed E-state index contributed by atoms with van der Waals surface area (Å²) in [6, 6.07) is 0. The van der Waals surface area contributed by atoms with Crippen molar-refractivity contribution in [2.75, 3.05) is 6.61 Å². The maximum Gasteiger partial charge on any atom is 0.163 e. The molecule has 0 aromatic rings. The highest BCUT2D eigenvalue weighted by atomic mass is 16.7. The lowest BCUT2D eigenvalue weighted by molar-refractivity contribution is -0.146. The van der Waals surface area contributed by atoms with Crippen LogP contribution in [-0.4, -0.2) is 30.2 Å². The number of hydrogen-bond acceptors (Lipinski definition) is 3. The molecule has 0 N–H and O–H groups in total. The first-order valence-electron chi connectivity index (χ1n) is 6.21. The zero-order valence-electron chi connectivity index (χ0n) is 11.5. The van der Waals surface area contributed by atoms with Gasteiger partial charge in [-0.25, -0.2) is 0 Å². The Kier molecular flexibility index (Phi) is 4.38. The minimum absolute atomic E-state index is 0.0876. The fraction of sp³-hybridized carbons (Fsp3) is 1.00. The fourth-order valence-electron chi connectivity index (χ4n) is 1.97. The Morgan fingerprint density at radius 1 is 1.38 bits per heavy atom. The van der Waals surface area contributed by atoms with E-state index in [1.54, 1.807) is 0 Å². The highest BCUT2D eigenvalue weighted by Crippen LogP contribution is 2.27. The molecule has 0 spiro atoms. The van der Waals surface area contributed by atoms with E-state index in [2.05, 4.69) is 27.7 Å². The molecule has 0 unspecified atom stereocenters. The van der Waals surface area contributed by atoms with Gasteiger partial charge in [-0.3, -0.25) is 0 Å². The van der Waals surface area contributed by atoms with Crippen molar-refractivity contribution in [3.05, 3.63) is 0 Å². The molecule has 1 fully saturated rings. The third-order valence-electron chi connectivity index (χ3n) is 2.57. The van der Waals surface area contributed by atoms with Gasteiger partial charge in [0.05, 0.1) is 24.4 Å². The first kappa shape index (κ1) is 13.9. The summed E-state index contributed by atoms with van der Waals surface area (Å²) in [4.78, 5) is 0. The van der Waals surface area contributed by atoms with Crippen LogP contribution in [0, 0.1) is 0 Å². The topological polar surface area (TPSA) is 27.7 Å². The average Bonchev–Trinajstić information content (AvgIpc) is 2.42. The largest absolute Gasteiger partial charge is 0.373 e. The van der Waals surface area contributed by atoms with Gasteiger partial charge in [0.2, 0.25) is 0 Å². The molecular formula is C13H26O3. The Bertz CT molecular complexity index is 218. The van der Waals surface area contributed by atoms with E-state index in [9.17, 15) is 0 Å². The van der Waals surface area contributed by atoms with Gasteiger partial charge in [-0.2, -0.15) is 0 Å². The average molecular weight is 230 g/mol. The summed E-state index contributed by atoms with van der Waals surface area (Å²) in [5.74, 6) is -0.426. The van der Waals surface area contributed by atoms with E-state index >= 15 is 0 Å². The monoisotopic (exact) mass is 230 g/mol. The summed E-state index contributed by atoms with van der Waals surface area (Å²) in [7, 11) is 0. The number of rotatable bonds is 4. The van der Waals surface area contributed by atoms with E-state index < -0.39 is 5.79 Å². The van der Waals surface area contributed by atoms with Gasteiger partial charge < -0.3 is 14.2 Å². The zero-order chi connectivity index (χ0) is 12.4. The molecule has 1 rings (SSSR count). The molecular weight excluding hydrogens is 204 g/mol. The van der Waals surface area contributed by atoms with Crippen molar-refractivity contribution in [1.29, 1.82) is 0 Å². The van der Waals surface area contributed by atoms with Crippen LogP contribution >= 0.6 is 0 Å². The van der Waals surface area contributed by atoms with Gasteiger partial charge in [0.1, 0.15) is 0 Å². The quantitative estimate of drug-likeness (QED) is 0.742. The molecule has 3 nitrogen and oxygen atoms in total. The zero-order valence-corrected chi connectivity index (χ0v) is 11.5. The van der Waals surface area contributed by atoms with E-state index in [4.69, 9.17) is 14.2 Å². The van der Waals surface area contributed by atoms with E-state index in [1.165, 1.54) is 0 Å². The summed E-state index contributed by atoms with van der Waals surface area (Å²) in [5.41, 5.74) is -0.0876. The van der Waals surface area contributed by atoms with Crippen molar-refractivity contribution >= 4 is 0 Å². The first-order chi connectivity index (χ1) is 7.22. The van der Waals surface area contributed by atoms with Crippen molar-refractivity contribution in [1.82, 2.24) is 0 Å². The van der Waals surface area contributed by atoms with Crippen LogP contribution in [0.5, 0.6) is 0 Å². The molecule has 0 amide bonds. The maximum atomic E-state index is 5.98. The lowest BCUT2D eigenvalue weighted by Crippen LogP contribution is -2.31. The normalized spacial score (nSPS) is 27.0. The minimum atomic E-state index is -0.426. The Balaban J connectivity index is 2.40. The van der Waals surface area contributed by atoms with Crippen LogP contribution < -0.4 is 0 Å². The Morgan fingerprint density at radius 3 is 2.38 bits per heavy atom. The van der Waals surface area contributed by atoms with E-state index in [-0.39, 0.29) is 17.8 Å². The van der Waals surface area contributed by atoms with Crippen LogP contribution in [0.25, 0.3) is 0 Å². The van der Waals surface area contributed by atoms with Crippen LogP contribution in [0.2, 0.25) is 0 Å². The van der Waals surface area contributed by atoms with Gasteiger partial charge in [0.25, 0.3) is 0 Å². The lowest BCUT2D eigenvalue weighted by atomic mass is 10.1. The van der Waals surface area contributed by atoms with Gasteiger partial charge in [0.15, 0.2) is 5.79 Å². The lowest BCUT2D eigenvalue weighted by Gasteiger charge is -2.28. The van der Waals surface area contributed by atoms with Gasteiger partial charge >= 0.3 is 0 Å². The molecule has 0 aliphatic carbocycles. The van der Waals surface area contributed by atoms with Crippen LogP contribution in [0.1, 0.15) is 54.4 Å². The van der Waals surface area contributed by atoms with E-state index in [1.807, 2.05) is 13.8 Å². The fourth-order valence-corrected chi connectivity index (χ4v) is 1.97. The molecule has 0 aromatic heterocycles. The SMILES string of the molecule is CC[C@@H](C[C@H]1COC(C)(C)O1)OC(C)(C)C. The minimum Gasteiger partial charge on any atom is -0.373 e. The molecule has 1 aliphatic heterocycles. The second-order valence-electron chi connectivity index (χ2n) is 5.95. The van der Waals surface area contributed by atoms with Crippen molar-refractivity contribution in [2.45, 2.75) is 78.0 Å². The van der Waals surface area contributed by atoms with Crippen LogP contribution in [0.4, 0.5) is 0 Å². The molecule has 0 saturated carbocycles. The predicted octanol–water partition coefficient (Wildman–Crippen LogP) is 3.12. The summed E-state index contributed by atoms with van der Waals surface area (Å²) >= 11 is 0. The van der Waals surface area contributed by atoms with Crippen molar-refractivity contribution < 1.29 is 14.2 Å². The summed E-state index contributed by atoms with van der Waals surface area (Å²) in [6.45, 7) is 13.0. The smallest absolute Gasteiger partial charge is 0.163 e. The second-order valence-corrected chi connectivity index (χ2v) is 5.95. The van der Waals surface area contributed by atoms with Gasteiger partial charge in [0, 0.05) is 6.42 Å². The molecule has 0 radical (unpaired) electrons. The van der Waals surface area contributed by atoms with E-state index in [0.29, 0.717) is 6.61 Å². The molecule has 2 atom stereocenters. The highest BCUT2D eigenvalue weighted by molar-refractivity contribution is 4.75. The van der Waals surface area contributed by atoms with Crippen LogP contribution in [0.3, 0.4) is 0 Å². The molecule has 96 valence electrons. The molecule has 0 aromatic carbocycles. The predicted molar refractivity (Wildman–Crippen MR) is 64.4 cm³/mol. The molecule has 1 aliphatic rings. The third kappa shape index (κ3) is 4.81. The Hall–Kier alpha value is -0.120. The Morgan fingerprint density at radius 2 is 2.00 bits per heavy atom. The molecule has 0 bridgehead atoms. The molecule has 16 heavy (non-hydrogen) atoms. The van der Waals surface area contributed by atoms with Gasteiger partial charge in [-0.15, -0.1) is 0 Å². The first-order valence-corrected chi connectivity index (χ1v) is 6.21. The van der Waals surface area contributed by atoms with Crippen molar-refractivity contribution in [3.63, 3.8) is 0 Å². The third-order valence-corrected chi connectivity index (χ3v) is 2.57. The number of hydrogen-bond donors (Lipinski definition) is 0. The van der Waals surface area contributed by atoms with Gasteiger partial charge in [-0.1, -0.05) is 6.92 Å². The van der Waals surface area contributed by atoms with Crippen LogP contribution in [0.15, 0.2) is 0 Å². The standard InChI is InChI=1S/C13H26O3/c1-7-10(15-12(2,3)4)8-11-9-14-13(5,6)16-11/h10-11H,7-9H2,1-6H3/t10-,11-/m0/s1. The highest BCUT2D eigenvalue weighted by Gasteiger charge is 2.34. The van der Waals surface area contributed by atoms with Crippen molar-refractivity contribution in [2.24, 2.45) is 0 Å². The Labute approximate surface area is 99.5 Å². The van der Waals surface area contributed by atoms with E-state index in [0.717, 1.165) is 12.8 Å². The summed E-state index contributed by atoms with van der Waals surface area (Å²) < 4.78 is 17.3. The molecule has 1 heterocycles. The number of ether oxygens (including phenoxy) is 3. The summed E-state index contributed by atoms with van der Waals surface area (Å²) in [6.07, 6.45) is 2.35. The van der Waals surface area contributed by atoms with Gasteiger partial charge in [-0.05, 0) is 41.0 Å². The second kappa shape index (κ2) is 5.03.